The lowest BCUT2D eigenvalue weighted by Crippen LogP contribution is -2.26. The van der Waals surface area contributed by atoms with Gasteiger partial charge in [-0.2, -0.15) is 0 Å². The molecule has 8 heteroatoms. The van der Waals surface area contributed by atoms with Gasteiger partial charge in [0.25, 0.3) is 0 Å². The highest BCUT2D eigenvalue weighted by Gasteiger charge is 2.23. The third-order valence-corrected chi connectivity index (χ3v) is 6.93. The first-order valence-corrected chi connectivity index (χ1v) is 9.56. The smallest absolute Gasteiger partial charge is 0.243 e. The number of hydrogen-bond donors (Lipinski definition) is 2. The van der Waals surface area contributed by atoms with Crippen LogP contribution in [0.1, 0.15) is 23.4 Å². The van der Waals surface area contributed by atoms with Crippen LogP contribution in [0.2, 0.25) is 5.02 Å². The molecule has 0 radical (unpaired) electrons. The monoisotopic (exact) mass is 408 g/mol. The summed E-state index contributed by atoms with van der Waals surface area (Å²) in [6.45, 7) is 2.08. The van der Waals surface area contributed by atoms with Crippen LogP contribution in [0.25, 0.3) is 0 Å². The minimum absolute atomic E-state index is 0.210. The second kappa shape index (κ2) is 6.76. The molecule has 0 aliphatic heterocycles. The number of nitrogens with one attached hydrogen (secondary N) is 1. The van der Waals surface area contributed by atoms with Crippen molar-refractivity contribution in [2.75, 3.05) is 0 Å². The first-order chi connectivity index (χ1) is 9.83. The predicted molar refractivity (Wildman–Crippen MR) is 90.1 cm³/mol. The SMILES string of the molecule is CC(NS(=O)(=O)c1cc(CN)sc1Br)c1cccc(Cl)c1. The Morgan fingerprint density at radius 2 is 2.14 bits per heavy atom. The minimum Gasteiger partial charge on any atom is -0.326 e. The van der Waals surface area contributed by atoms with Crippen LogP contribution in [0.5, 0.6) is 0 Å². The van der Waals surface area contributed by atoms with Crippen molar-refractivity contribution < 1.29 is 8.42 Å². The van der Waals surface area contributed by atoms with Crippen LogP contribution in [-0.4, -0.2) is 8.42 Å². The summed E-state index contributed by atoms with van der Waals surface area (Å²) in [6.07, 6.45) is 0. The van der Waals surface area contributed by atoms with Gasteiger partial charge in [-0.15, -0.1) is 11.3 Å². The fourth-order valence-corrected chi connectivity index (χ4v) is 5.81. The molecule has 0 amide bonds. The van der Waals surface area contributed by atoms with Gasteiger partial charge in [-0.3, -0.25) is 0 Å². The Morgan fingerprint density at radius 3 is 2.71 bits per heavy atom. The van der Waals surface area contributed by atoms with Crippen LogP contribution in [0, 0.1) is 0 Å². The van der Waals surface area contributed by atoms with E-state index in [-0.39, 0.29) is 10.9 Å². The summed E-state index contributed by atoms with van der Waals surface area (Å²) in [4.78, 5) is 1.01. The molecule has 0 saturated carbocycles. The zero-order chi connectivity index (χ0) is 15.6. The van der Waals surface area contributed by atoms with Gasteiger partial charge < -0.3 is 5.73 Å². The number of nitrogens with two attached hydrogens (primary N) is 1. The third kappa shape index (κ3) is 4.06. The lowest BCUT2D eigenvalue weighted by atomic mass is 10.1. The fourth-order valence-electron chi connectivity index (χ4n) is 1.82. The maximum atomic E-state index is 12.4. The second-order valence-electron chi connectivity index (χ2n) is 4.45. The van der Waals surface area contributed by atoms with E-state index in [4.69, 9.17) is 17.3 Å². The number of sulfonamides is 1. The summed E-state index contributed by atoms with van der Waals surface area (Å²) < 4.78 is 28.1. The molecule has 0 bridgehead atoms. The molecule has 2 aromatic rings. The van der Waals surface area contributed by atoms with Crippen molar-refractivity contribution in [3.8, 4) is 0 Å². The average molecular weight is 410 g/mol. The van der Waals surface area contributed by atoms with Crippen LogP contribution >= 0.6 is 38.9 Å². The first-order valence-electron chi connectivity index (χ1n) is 6.09. The largest absolute Gasteiger partial charge is 0.326 e. The summed E-state index contributed by atoms with van der Waals surface area (Å²) in [7, 11) is -3.63. The van der Waals surface area contributed by atoms with E-state index in [0.717, 1.165) is 10.4 Å². The molecule has 0 aliphatic rings. The van der Waals surface area contributed by atoms with Crippen LogP contribution < -0.4 is 10.5 Å². The van der Waals surface area contributed by atoms with Crippen molar-refractivity contribution in [1.29, 1.82) is 0 Å². The fraction of sp³-hybridized carbons (Fsp3) is 0.231. The predicted octanol–water partition coefficient (Wildman–Crippen LogP) is 3.66. The van der Waals surface area contributed by atoms with Crippen LogP contribution in [0.15, 0.2) is 39.0 Å². The molecule has 114 valence electrons. The molecule has 1 unspecified atom stereocenters. The lowest BCUT2D eigenvalue weighted by molar-refractivity contribution is 0.567. The molecule has 21 heavy (non-hydrogen) atoms. The third-order valence-electron chi connectivity index (χ3n) is 2.88. The Hall–Kier alpha value is -0.440. The normalized spacial score (nSPS) is 13.3. The Labute approximate surface area is 141 Å². The zero-order valence-corrected chi connectivity index (χ0v) is 15.1. The maximum Gasteiger partial charge on any atom is 0.243 e. The number of hydrogen-bond acceptors (Lipinski definition) is 4. The molecule has 0 spiro atoms. The van der Waals surface area contributed by atoms with Crippen molar-refractivity contribution >= 4 is 48.9 Å². The van der Waals surface area contributed by atoms with Gasteiger partial charge in [0.2, 0.25) is 10.0 Å². The van der Waals surface area contributed by atoms with Gasteiger partial charge in [0.1, 0.15) is 4.90 Å². The summed E-state index contributed by atoms with van der Waals surface area (Å²) in [5.41, 5.74) is 6.35. The topological polar surface area (TPSA) is 72.2 Å². The van der Waals surface area contributed by atoms with E-state index in [1.54, 1.807) is 31.2 Å². The quantitative estimate of drug-likeness (QED) is 0.791. The number of rotatable bonds is 5. The van der Waals surface area contributed by atoms with E-state index < -0.39 is 10.0 Å². The standard InChI is InChI=1S/C13H14BrClN2O2S2/c1-8(9-3-2-4-10(15)5-9)17-21(18,19)12-6-11(7-16)20-13(12)14/h2-6,8,17H,7,16H2,1H3. The molecular formula is C13H14BrClN2O2S2. The minimum atomic E-state index is -3.63. The van der Waals surface area contributed by atoms with Crippen LogP contribution in [0.3, 0.4) is 0 Å². The highest BCUT2D eigenvalue weighted by Crippen LogP contribution is 2.32. The van der Waals surface area contributed by atoms with Crippen molar-refractivity contribution in [2.45, 2.75) is 24.4 Å². The molecule has 1 atom stereocenters. The molecule has 0 saturated heterocycles. The van der Waals surface area contributed by atoms with E-state index in [0.29, 0.717) is 15.4 Å². The number of halogens is 2. The maximum absolute atomic E-state index is 12.4. The van der Waals surface area contributed by atoms with Gasteiger partial charge >= 0.3 is 0 Å². The van der Waals surface area contributed by atoms with Crippen molar-refractivity contribution in [2.24, 2.45) is 5.73 Å². The second-order valence-corrected chi connectivity index (χ2v) is 9.03. The molecule has 3 N–H and O–H groups in total. The van der Waals surface area contributed by atoms with Crippen LogP contribution in [0.4, 0.5) is 0 Å². The molecule has 0 fully saturated rings. The molecule has 0 aliphatic carbocycles. The summed E-state index contributed by atoms with van der Waals surface area (Å²) in [5.74, 6) is 0. The van der Waals surface area contributed by atoms with Gasteiger partial charge in [-0.05, 0) is 46.6 Å². The van der Waals surface area contributed by atoms with Crippen molar-refractivity contribution in [3.05, 3.63) is 49.6 Å². The Balaban J connectivity index is 2.26. The molecule has 4 nitrogen and oxygen atoms in total. The summed E-state index contributed by atoms with van der Waals surface area (Å²) >= 11 is 10.5. The Morgan fingerprint density at radius 1 is 1.43 bits per heavy atom. The van der Waals surface area contributed by atoms with Gasteiger partial charge in [-0.25, -0.2) is 13.1 Å². The number of benzene rings is 1. The lowest BCUT2D eigenvalue weighted by Gasteiger charge is -2.14. The zero-order valence-electron chi connectivity index (χ0n) is 11.1. The Bertz CT molecular complexity index is 746. The van der Waals surface area contributed by atoms with Crippen molar-refractivity contribution in [3.63, 3.8) is 0 Å². The van der Waals surface area contributed by atoms with Gasteiger partial charge in [-0.1, -0.05) is 23.7 Å². The van der Waals surface area contributed by atoms with E-state index in [9.17, 15) is 8.42 Å². The highest BCUT2D eigenvalue weighted by molar-refractivity contribution is 9.11. The van der Waals surface area contributed by atoms with Crippen molar-refractivity contribution in [1.82, 2.24) is 4.72 Å². The molecular weight excluding hydrogens is 396 g/mol. The molecule has 2 rings (SSSR count). The van der Waals surface area contributed by atoms with E-state index in [1.807, 2.05) is 6.07 Å². The van der Waals surface area contributed by atoms with E-state index in [1.165, 1.54) is 11.3 Å². The average Bonchev–Trinajstić information content (AvgIpc) is 2.80. The van der Waals surface area contributed by atoms with E-state index in [2.05, 4.69) is 20.7 Å². The summed E-state index contributed by atoms with van der Waals surface area (Å²) in [5, 5.41) is 0.570. The highest BCUT2D eigenvalue weighted by atomic mass is 79.9. The van der Waals surface area contributed by atoms with Gasteiger partial charge in [0.05, 0.1) is 3.79 Å². The van der Waals surface area contributed by atoms with E-state index >= 15 is 0 Å². The van der Waals surface area contributed by atoms with Gasteiger partial charge in [0, 0.05) is 22.5 Å². The van der Waals surface area contributed by atoms with Gasteiger partial charge in [0.15, 0.2) is 0 Å². The Kier molecular flexibility index (Phi) is 5.45. The molecule has 1 aromatic heterocycles. The number of thiophene rings is 1. The molecule has 1 heterocycles. The molecule has 1 aromatic carbocycles. The first kappa shape index (κ1) is 16.9. The summed E-state index contributed by atoms with van der Waals surface area (Å²) in [6, 6.07) is 8.30. The van der Waals surface area contributed by atoms with Crippen LogP contribution in [-0.2, 0) is 16.6 Å².